The molecule has 0 amide bonds. The molecule has 0 unspecified atom stereocenters. The Balaban J connectivity index is 1.86. The molecule has 8 nitrogen and oxygen atoms in total. The molecule has 0 aliphatic heterocycles. The third kappa shape index (κ3) is 4.98. The summed E-state index contributed by atoms with van der Waals surface area (Å²) in [6.07, 6.45) is 0. The SMILES string of the molecule is C/C(=N\NC(N)=S)c1ccc(S(=O)(=O)Nc2cc(C)nn2-c2ccccc2)cc1. The number of nitrogens with one attached hydrogen (secondary N) is 2. The highest BCUT2D eigenvalue weighted by Crippen LogP contribution is 2.21. The van der Waals surface area contributed by atoms with Crippen molar-refractivity contribution in [2.45, 2.75) is 18.7 Å². The summed E-state index contributed by atoms with van der Waals surface area (Å²) < 4.78 is 29.9. The first-order valence-electron chi connectivity index (χ1n) is 8.61. The Kier molecular flexibility index (Phi) is 5.95. The molecule has 0 saturated carbocycles. The van der Waals surface area contributed by atoms with Crippen LogP contribution in [0.25, 0.3) is 5.69 Å². The van der Waals surface area contributed by atoms with Crippen LogP contribution in [0.4, 0.5) is 5.82 Å². The molecule has 2 aromatic carbocycles. The first-order chi connectivity index (χ1) is 13.8. The van der Waals surface area contributed by atoms with Gasteiger partial charge in [0.25, 0.3) is 10.0 Å². The van der Waals surface area contributed by atoms with Gasteiger partial charge in [0.15, 0.2) is 5.11 Å². The smallest absolute Gasteiger partial charge is 0.263 e. The molecule has 1 heterocycles. The number of rotatable bonds is 6. The molecule has 0 saturated heterocycles. The van der Waals surface area contributed by atoms with Gasteiger partial charge in [0, 0.05) is 6.07 Å². The Morgan fingerprint density at radius 3 is 2.41 bits per heavy atom. The van der Waals surface area contributed by atoms with Gasteiger partial charge in [-0.1, -0.05) is 30.3 Å². The van der Waals surface area contributed by atoms with Crippen LogP contribution in [0.1, 0.15) is 18.2 Å². The van der Waals surface area contributed by atoms with Crippen LogP contribution < -0.4 is 15.9 Å². The zero-order chi connectivity index (χ0) is 21.0. The summed E-state index contributed by atoms with van der Waals surface area (Å²) in [5.41, 5.74) is 10.7. The molecule has 29 heavy (non-hydrogen) atoms. The number of para-hydroxylation sites is 1. The molecule has 0 fully saturated rings. The van der Waals surface area contributed by atoms with Crippen LogP contribution >= 0.6 is 12.2 Å². The van der Waals surface area contributed by atoms with Crippen LogP contribution in [0.3, 0.4) is 0 Å². The molecule has 1 aromatic heterocycles. The highest BCUT2D eigenvalue weighted by atomic mass is 32.2. The number of thiocarbonyl (C=S) groups is 1. The Morgan fingerprint density at radius 2 is 1.79 bits per heavy atom. The molecule has 10 heteroatoms. The molecular formula is C19H20N6O2S2. The molecule has 3 rings (SSSR count). The molecule has 0 atom stereocenters. The molecule has 3 aromatic rings. The number of nitrogens with two attached hydrogens (primary N) is 1. The minimum absolute atomic E-state index is 0.0538. The van der Waals surface area contributed by atoms with Crippen LogP contribution in [-0.4, -0.2) is 29.0 Å². The van der Waals surface area contributed by atoms with Crippen LogP contribution in [0.5, 0.6) is 0 Å². The Morgan fingerprint density at radius 1 is 1.14 bits per heavy atom. The zero-order valence-corrected chi connectivity index (χ0v) is 17.5. The van der Waals surface area contributed by atoms with E-state index < -0.39 is 10.0 Å². The van der Waals surface area contributed by atoms with Crippen molar-refractivity contribution < 1.29 is 8.42 Å². The van der Waals surface area contributed by atoms with Crippen LogP contribution in [0.15, 0.2) is 70.7 Å². The molecule has 0 spiro atoms. The minimum atomic E-state index is -3.81. The average Bonchev–Trinajstić information content (AvgIpc) is 3.06. The van der Waals surface area contributed by atoms with E-state index >= 15 is 0 Å². The Bertz CT molecular complexity index is 1150. The van der Waals surface area contributed by atoms with Gasteiger partial charge >= 0.3 is 0 Å². The normalized spacial score (nSPS) is 11.9. The first-order valence-corrected chi connectivity index (χ1v) is 10.5. The fourth-order valence-corrected chi connectivity index (χ4v) is 3.69. The van der Waals surface area contributed by atoms with E-state index in [0.717, 1.165) is 11.3 Å². The van der Waals surface area contributed by atoms with Gasteiger partial charge in [0.2, 0.25) is 0 Å². The molecule has 0 aliphatic carbocycles. The first kappa shape index (κ1) is 20.5. The van der Waals surface area contributed by atoms with Gasteiger partial charge in [-0.25, -0.2) is 13.1 Å². The van der Waals surface area contributed by atoms with Crippen LogP contribution in [-0.2, 0) is 10.0 Å². The van der Waals surface area contributed by atoms with E-state index in [1.807, 2.05) is 30.3 Å². The molecule has 150 valence electrons. The lowest BCUT2D eigenvalue weighted by molar-refractivity contribution is 0.600. The van der Waals surface area contributed by atoms with Gasteiger partial charge in [0.05, 0.1) is 22.0 Å². The lowest BCUT2D eigenvalue weighted by atomic mass is 10.1. The third-order valence-electron chi connectivity index (χ3n) is 3.99. The zero-order valence-electron chi connectivity index (χ0n) is 15.8. The van der Waals surface area contributed by atoms with Gasteiger partial charge in [-0.15, -0.1) is 0 Å². The van der Waals surface area contributed by atoms with Crippen LogP contribution in [0.2, 0.25) is 0 Å². The number of aryl methyl sites for hydroxylation is 1. The van der Waals surface area contributed by atoms with Gasteiger partial charge in [-0.2, -0.15) is 10.2 Å². The van der Waals surface area contributed by atoms with Crippen molar-refractivity contribution in [1.29, 1.82) is 0 Å². The van der Waals surface area contributed by atoms with Gasteiger partial charge in [-0.05, 0) is 55.9 Å². The number of hydrogen-bond acceptors (Lipinski definition) is 5. The van der Waals surface area contributed by atoms with Crippen molar-refractivity contribution in [3.8, 4) is 5.69 Å². The van der Waals surface area contributed by atoms with Gasteiger partial charge in [0.1, 0.15) is 5.82 Å². The lowest BCUT2D eigenvalue weighted by Gasteiger charge is -2.11. The van der Waals surface area contributed by atoms with Crippen molar-refractivity contribution in [1.82, 2.24) is 15.2 Å². The van der Waals surface area contributed by atoms with Gasteiger partial charge in [-0.3, -0.25) is 10.1 Å². The average molecular weight is 429 g/mol. The van der Waals surface area contributed by atoms with E-state index in [9.17, 15) is 8.42 Å². The highest BCUT2D eigenvalue weighted by molar-refractivity contribution is 7.92. The van der Waals surface area contributed by atoms with E-state index in [4.69, 9.17) is 18.0 Å². The number of hydrazone groups is 1. The van der Waals surface area contributed by atoms with Crippen molar-refractivity contribution in [3.63, 3.8) is 0 Å². The van der Waals surface area contributed by atoms with Crippen molar-refractivity contribution in [2.75, 3.05) is 4.72 Å². The molecule has 0 radical (unpaired) electrons. The maximum absolute atomic E-state index is 12.9. The maximum atomic E-state index is 12.9. The monoisotopic (exact) mass is 428 g/mol. The summed E-state index contributed by atoms with van der Waals surface area (Å²) in [5.74, 6) is 0.358. The highest BCUT2D eigenvalue weighted by Gasteiger charge is 2.18. The lowest BCUT2D eigenvalue weighted by Crippen LogP contribution is -2.25. The van der Waals surface area contributed by atoms with Crippen molar-refractivity contribution in [3.05, 3.63) is 71.9 Å². The molecule has 0 bridgehead atoms. The Hall–Kier alpha value is -3.24. The van der Waals surface area contributed by atoms with E-state index in [1.54, 1.807) is 36.7 Å². The molecular weight excluding hydrogens is 408 g/mol. The largest absolute Gasteiger partial charge is 0.375 e. The predicted molar refractivity (Wildman–Crippen MR) is 118 cm³/mol. The number of benzene rings is 2. The van der Waals surface area contributed by atoms with Crippen molar-refractivity contribution in [2.24, 2.45) is 10.8 Å². The minimum Gasteiger partial charge on any atom is -0.375 e. The van der Waals surface area contributed by atoms with E-state index in [1.165, 1.54) is 12.1 Å². The van der Waals surface area contributed by atoms with Gasteiger partial charge < -0.3 is 5.73 Å². The predicted octanol–water partition coefficient (Wildman–Crippen LogP) is 2.54. The third-order valence-corrected chi connectivity index (χ3v) is 5.45. The number of sulfonamides is 1. The number of aromatic nitrogens is 2. The quantitative estimate of drug-likeness (QED) is 0.316. The molecule has 0 aliphatic rings. The standard InChI is InChI=1S/C19H20N6O2S2/c1-13-12-18(25(23-13)16-6-4-3-5-7-16)24-29(26,27)17-10-8-15(9-11-17)14(2)21-22-19(20)28/h3-12,24H,1-2H3,(H3,20,22,28)/b21-14+. The number of anilines is 1. The summed E-state index contributed by atoms with van der Waals surface area (Å²) in [6, 6.07) is 17.3. The summed E-state index contributed by atoms with van der Waals surface area (Å²) in [7, 11) is -3.81. The van der Waals surface area contributed by atoms with E-state index in [0.29, 0.717) is 17.2 Å². The van der Waals surface area contributed by atoms with Crippen LogP contribution in [0, 0.1) is 6.92 Å². The number of hydrogen-bond donors (Lipinski definition) is 3. The maximum Gasteiger partial charge on any atom is 0.263 e. The Labute approximate surface area is 174 Å². The fourth-order valence-electron chi connectivity index (χ4n) is 2.61. The van der Waals surface area contributed by atoms with E-state index in [2.05, 4.69) is 20.3 Å². The summed E-state index contributed by atoms with van der Waals surface area (Å²) >= 11 is 4.71. The fraction of sp³-hybridized carbons (Fsp3) is 0.105. The second-order valence-electron chi connectivity index (χ2n) is 6.22. The second kappa shape index (κ2) is 8.41. The summed E-state index contributed by atoms with van der Waals surface area (Å²) in [4.78, 5) is 0.120. The van der Waals surface area contributed by atoms with E-state index in [-0.39, 0.29) is 10.0 Å². The van der Waals surface area contributed by atoms with Crippen molar-refractivity contribution >= 4 is 38.9 Å². The summed E-state index contributed by atoms with van der Waals surface area (Å²) in [6.45, 7) is 3.56. The second-order valence-corrected chi connectivity index (χ2v) is 8.34. The molecule has 4 N–H and O–H groups in total. The topological polar surface area (TPSA) is 114 Å². The number of nitrogens with zero attached hydrogens (tertiary/aromatic N) is 3. The summed E-state index contributed by atoms with van der Waals surface area (Å²) in [5, 5.41) is 8.46.